The molecule has 1 saturated heterocycles. The van der Waals surface area contributed by atoms with E-state index in [1.54, 1.807) is 0 Å². The molecule has 0 amide bonds. The number of hydrogen-bond donors (Lipinski definition) is 1. The van der Waals surface area contributed by atoms with E-state index in [2.05, 4.69) is 22.4 Å². The third-order valence-corrected chi connectivity index (χ3v) is 4.60. The second kappa shape index (κ2) is 7.40. The molecule has 4 rings (SSSR count). The first-order chi connectivity index (χ1) is 12.3. The van der Waals surface area contributed by atoms with Gasteiger partial charge in [-0.05, 0) is 42.7 Å². The number of anilines is 1. The topological polar surface area (TPSA) is 40.5 Å². The predicted molar refractivity (Wildman–Crippen MR) is 101 cm³/mol. The lowest BCUT2D eigenvalue weighted by Crippen LogP contribution is -2.06. The number of aromatic nitrogens is 1. The Balaban J connectivity index is 1.23. The molecule has 2 aromatic carbocycles. The number of nitrogens with one attached hydrogen (secondary N) is 1. The van der Waals surface area contributed by atoms with Gasteiger partial charge >= 0.3 is 0 Å². The lowest BCUT2D eigenvalue weighted by molar-refractivity contribution is 0.196. The summed E-state index contributed by atoms with van der Waals surface area (Å²) in [5, 5.41) is 7.36. The van der Waals surface area contributed by atoms with E-state index in [1.165, 1.54) is 5.56 Å². The SMILES string of the molecule is Clc1ccc2c(NCCCCN3O[C@H]3c3ccccc3)ccnc2c1. The highest BCUT2D eigenvalue weighted by Crippen LogP contribution is 2.36. The molecule has 1 aliphatic heterocycles. The zero-order valence-corrected chi connectivity index (χ0v) is 14.6. The Morgan fingerprint density at radius 3 is 2.84 bits per heavy atom. The van der Waals surface area contributed by atoms with Crippen LogP contribution in [0.5, 0.6) is 0 Å². The fraction of sp³-hybridized carbons (Fsp3) is 0.250. The maximum atomic E-state index is 6.03. The quantitative estimate of drug-likeness (QED) is 0.478. The average Bonchev–Trinajstić information content (AvgIpc) is 3.41. The Labute approximate surface area is 152 Å². The number of hydrogen-bond acceptors (Lipinski definition) is 4. The molecule has 3 aromatic rings. The lowest BCUT2D eigenvalue weighted by Gasteiger charge is -2.09. The second-order valence-electron chi connectivity index (χ2n) is 6.16. The van der Waals surface area contributed by atoms with Crippen molar-refractivity contribution < 1.29 is 4.84 Å². The number of rotatable bonds is 7. The first kappa shape index (κ1) is 16.3. The molecule has 1 unspecified atom stereocenters. The van der Waals surface area contributed by atoms with Crippen molar-refractivity contribution >= 4 is 28.2 Å². The molecule has 0 radical (unpaired) electrons. The van der Waals surface area contributed by atoms with Crippen molar-refractivity contribution in [2.24, 2.45) is 0 Å². The monoisotopic (exact) mass is 353 g/mol. The smallest absolute Gasteiger partial charge is 0.179 e. The molecular weight excluding hydrogens is 334 g/mol. The highest BCUT2D eigenvalue weighted by Gasteiger charge is 2.36. The molecule has 4 nitrogen and oxygen atoms in total. The van der Waals surface area contributed by atoms with E-state index in [4.69, 9.17) is 16.4 Å². The van der Waals surface area contributed by atoms with Crippen LogP contribution in [0.15, 0.2) is 60.8 Å². The highest BCUT2D eigenvalue weighted by molar-refractivity contribution is 6.31. The molecule has 128 valence electrons. The number of halogens is 1. The van der Waals surface area contributed by atoms with Crippen molar-refractivity contribution in [3.63, 3.8) is 0 Å². The Morgan fingerprint density at radius 1 is 1.08 bits per heavy atom. The number of pyridine rings is 1. The van der Waals surface area contributed by atoms with Crippen LogP contribution in [0.4, 0.5) is 5.69 Å². The van der Waals surface area contributed by atoms with Crippen LogP contribution >= 0.6 is 11.6 Å². The number of nitrogens with zero attached hydrogens (tertiary/aromatic N) is 2. The summed E-state index contributed by atoms with van der Waals surface area (Å²) in [6.07, 6.45) is 4.13. The highest BCUT2D eigenvalue weighted by atomic mass is 35.5. The molecule has 0 saturated carbocycles. The summed E-state index contributed by atoms with van der Waals surface area (Å²) in [5.41, 5.74) is 3.25. The Hall–Kier alpha value is -2.14. The van der Waals surface area contributed by atoms with Crippen LogP contribution in [-0.4, -0.2) is 23.1 Å². The maximum Gasteiger partial charge on any atom is 0.179 e. The molecule has 1 fully saturated rings. The first-order valence-corrected chi connectivity index (χ1v) is 8.95. The van der Waals surface area contributed by atoms with Gasteiger partial charge in [0.1, 0.15) is 0 Å². The minimum absolute atomic E-state index is 0.142. The van der Waals surface area contributed by atoms with Crippen molar-refractivity contribution in [3.8, 4) is 0 Å². The molecule has 5 heteroatoms. The Kier molecular flexibility index (Phi) is 4.83. The van der Waals surface area contributed by atoms with Crippen molar-refractivity contribution in [1.82, 2.24) is 10.0 Å². The standard InChI is InChI=1S/C20H20ClN3O/c21-16-8-9-17-18(10-12-23-19(17)14-16)22-11-4-5-13-24-20(25-24)15-6-2-1-3-7-15/h1-3,6-10,12,14,20H,4-5,11,13H2,(H,22,23)/t20-,24?/m0/s1. The van der Waals surface area contributed by atoms with Crippen molar-refractivity contribution in [3.05, 3.63) is 71.4 Å². The normalized spacial score (nSPS) is 19.1. The van der Waals surface area contributed by atoms with Gasteiger partial charge in [-0.1, -0.05) is 41.9 Å². The first-order valence-electron chi connectivity index (χ1n) is 8.58. The zero-order chi connectivity index (χ0) is 17.1. The van der Waals surface area contributed by atoms with Crippen LogP contribution in [0.2, 0.25) is 5.02 Å². The van der Waals surface area contributed by atoms with Crippen molar-refractivity contribution in [2.75, 3.05) is 18.4 Å². The third kappa shape index (κ3) is 3.93. The van der Waals surface area contributed by atoms with Crippen molar-refractivity contribution in [1.29, 1.82) is 0 Å². The summed E-state index contributed by atoms with van der Waals surface area (Å²) in [5.74, 6) is 0. The molecule has 1 aromatic heterocycles. The number of hydroxylamine groups is 2. The van der Waals surface area contributed by atoms with Crippen LogP contribution in [0.1, 0.15) is 24.6 Å². The van der Waals surface area contributed by atoms with E-state index in [9.17, 15) is 0 Å². The molecule has 0 aliphatic carbocycles. The van der Waals surface area contributed by atoms with Crippen LogP contribution in [0.25, 0.3) is 10.9 Å². The fourth-order valence-electron chi connectivity index (χ4n) is 3.01. The Bertz CT molecular complexity index is 856. The molecule has 0 bridgehead atoms. The molecule has 1 aliphatic rings. The Morgan fingerprint density at radius 2 is 1.96 bits per heavy atom. The molecular formula is C20H20ClN3O. The molecule has 1 N–H and O–H groups in total. The van der Waals surface area contributed by atoms with E-state index >= 15 is 0 Å². The van der Waals surface area contributed by atoms with E-state index in [1.807, 2.05) is 53.7 Å². The maximum absolute atomic E-state index is 6.03. The lowest BCUT2D eigenvalue weighted by atomic mass is 10.2. The van der Waals surface area contributed by atoms with Gasteiger partial charge in [0.15, 0.2) is 6.23 Å². The van der Waals surface area contributed by atoms with Gasteiger partial charge in [-0.25, -0.2) is 0 Å². The van der Waals surface area contributed by atoms with Gasteiger partial charge in [0.05, 0.1) is 5.52 Å². The van der Waals surface area contributed by atoms with E-state index in [0.29, 0.717) is 5.02 Å². The summed E-state index contributed by atoms with van der Waals surface area (Å²) in [6, 6.07) is 18.1. The molecule has 25 heavy (non-hydrogen) atoms. The fourth-order valence-corrected chi connectivity index (χ4v) is 3.17. The second-order valence-corrected chi connectivity index (χ2v) is 6.60. The summed E-state index contributed by atoms with van der Waals surface area (Å²) in [7, 11) is 0. The predicted octanol–water partition coefficient (Wildman–Crippen LogP) is 5.03. The van der Waals surface area contributed by atoms with Gasteiger partial charge in [-0.3, -0.25) is 9.82 Å². The van der Waals surface area contributed by atoms with E-state index in [0.717, 1.165) is 42.5 Å². The van der Waals surface area contributed by atoms with Gasteiger partial charge in [-0.2, -0.15) is 5.06 Å². The van der Waals surface area contributed by atoms with Crippen LogP contribution in [0, 0.1) is 0 Å². The van der Waals surface area contributed by atoms with E-state index in [-0.39, 0.29) is 6.23 Å². The van der Waals surface area contributed by atoms with Gasteiger partial charge in [0.2, 0.25) is 0 Å². The molecule has 0 spiro atoms. The average molecular weight is 354 g/mol. The van der Waals surface area contributed by atoms with Gasteiger partial charge < -0.3 is 5.32 Å². The summed E-state index contributed by atoms with van der Waals surface area (Å²) in [6.45, 7) is 1.87. The zero-order valence-electron chi connectivity index (χ0n) is 13.9. The van der Waals surface area contributed by atoms with Gasteiger partial charge in [0.25, 0.3) is 0 Å². The molecule has 2 atom stereocenters. The van der Waals surface area contributed by atoms with Crippen molar-refractivity contribution in [2.45, 2.75) is 19.1 Å². The van der Waals surface area contributed by atoms with Gasteiger partial charge in [0, 0.05) is 35.4 Å². The largest absolute Gasteiger partial charge is 0.384 e. The van der Waals surface area contributed by atoms with E-state index < -0.39 is 0 Å². The number of unbranched alkanes of at least 4 members (excludes halogenated alkanes) is 1. The molecule has 2 heterocycles. The van der Waals surface area contributed by atoms with Crippen LogP contribution in [-0.2, 0) is 4.84 Å². The third-order valence-electron chi connectivity index (χ3n) is 4.36. The minimum atomic E-state index is 0.142. The van der Waals surface area contributed by atoms with Gasteiger partial charge in [-0.15, -0.1) is 0 Å². The summed E-state index contributed by atoms with van der Waals surface area (Å²) in [4.78, 5) is 10.00. The number of benzene rings is 2. The summed E-state index contributed by atoms with van der Waals surface area (Å²) >= 11 is 6.03. The van der Waals surface area contributed by atoms with Crippen LogP contribution in [0.3, 0.4) is 0 Å². The minimum Gasteiger partial charge on any atom is -0.384 e. The van der Waals surface area contributed by atoms with Crippen LogP contribution < -0.4 is 5.32 Å². The number of fused-ring (bicyclic) bond motifs is 1. The summed E-state index contributed by atoms with van der Waals surface area (Å²) < 4.78 is 0.